The van der Waals surface area contributed by atoms with Crippen molar-refractivity contribution in [3.63, 3.8) is 0 Å². The molecule has 1 N–H and O–H groups in total. The maximum absolute atomic E-state index is 10.1. The Hall–Kier alpha value is -1.02. The lowest BCUT2D eigenvalue weighted by molar-refractivity contribution is 0.147. The van der Waals surface area contributed by atoms with Crippen molar-refractivity contribution >= 4 is 0 Å². The summed E-state index contributed by atoms with van der Waals surface area (Å²) in [7, 11) is 1.66. The second-order valence-electron chi connectivity index (χ2n) is 4.65. The molecule has 0 bridgehead atoms. The van der Waals surface area contributed by atoms with Crippen molar-refractivity contribution in [2.24, 2.45) is 0 Å². The summed E-state index contributed by atoms with van der Waals surface area (Å²) in [6, 6.07) is 6.12. The monoisotopic (exact) mass is 206 g/mol. The van der Waals surface area contributed by atoms with Gasteiger partial charge in [-0.25, -0.2) is 0 Å². The van der Waals surface area contributed by atoms with Gasteiger partial charge in [-0.1, -0.05) is 26.0 Å². The largest absolute Gasteiger partial charge is 0.496 e. The lowest BCUT2D eigenvalue weighted by Gasteiger charge is -2.15. The van der Waals surface area contributed by atoms with Crippen LogP contribution in [0.15, 0.2) is 18.2 Å². The Labute approximate surface area is 90.9 Å². The van der Waals surface area contributed by atoms with Gasteiger partial charge in [0.2, 0.25) is 0 Å². The zero-order chi connectivity index (χ0) is 11.1. The number of benzene rings is 1. The summed E-state index contributed by atoms with van der Waals surface area (Å²) < 4.78 is 5.34. The van der Waals surface area contributed by atoms with Gasteiger partial charge in [0.15, 0.2) is 0 Å². The third-order valence-electron chi connectivity index (χ3n) is 3.12. The Kier molecular flexibility index (Phi) is 2.47. The van der Waals surface area contributed by atoms with Gasteiger partial charge in [-0.3, -0.25) is 0 Å². The van der Waals surface area contributed by atoms with Crippen LogP contribution in [0.2, 0.25) is 0 Å². The summed E-state index contributed by atoms with van der Waals surface area (Å²) in [6.45, 7) is 4.31. The highest BCUT2D eigenvalue weighted by molar-refractivity contribution is 5.44. The molecule has 2 nitrogen and oxygen atoms in total. The van der Waals surface area contributed by atoms with Gasteiger partial charge < -0.3 is 9.84 Å². The van der Waals surface area contributed by atoms with Crippen LogP contribution in [0.3, 0.4) is 0 Å². The van der Waals surface area contributed by atoms with E-state index in [4.69, 9.17) is 4.74 Å². The van der Waals surface area contributed by atoms with Crippen LogP contribution in [-0.4, -0.2) is 12.2 Å². The molecule has 0 unspecified atom stereocenters. The first-order chi connectivity index (χ1) is 7.07. The first kappa shape index (κ1) is 10.5. The number of aliphatic hydroxyl groups is 1. The summed E-state index contributed by atoms with van der Waals surface area (Å²) in [6.07, 6.45) is 1.70. The van der Waals surface area contributed by atoms with Crippen molar-refractivity contribution < 1.29 is 9.84 Å². The molecule has 1 aliphatic carbocycles. The SMILES string of the molecule is COc1cc(C(C)C)ccc1C1(O)CC1. The zero-order valence-electron chi connectivity index (χ0n) is 9.58. The average Bonchev–Trinajstić information content (AvgIpc) is 2.96. The van der Waals surface area contributed by atoms with E-state index in [1.807, 2.05) is 12.1 Å². The van der Waals surface area contributed by atoms with Crippen molar-refractivity contribution in [3.8, 4) is 5.75 Å². The number of rotatable bonds is 3. The Balaban J connectivity index is 2.40. The van der Waals surface area contributed by atoms with Gasteiger partial charge in [0, 0.05) is 5.56 Å². The van der Waals surface area contributed by atoms with Crippen molar-refractivity contribution in [1.82, 2.24) is 0 Å². The summed E-state index contributed by atoms with van der Waals surface area (Å²) in [5.74, 6) is 1.31. The summed E-state index contributed by atoms with van der Waals surface area (Å²) >= 11 is 0. The minimum atomic E-state index is -0.610. The molecule has 0 heterocycles. The third-order valence-corrected chi connectivity index (χ3v) is 3.12. The highest BCUT2D eigenvalue weighted by Gasteiger charge is 2.44. The molecule has 1 aliphatic rings. The number of hydrogen-bond acceptors (Lipinski definition) is 2. The molecule has 1 saturated carbocycles. The lowest BCUT2D eigenvalue weighted by atomic mass is 9.98. The Morgan fingerprint density at radius 2 is 2.00 bits per heavy atom. The second kappa shape index (κ2) is 3.53. The van der Waals surface area contributed by atoms with Crippen LogP contribution in [0.5, 0.6) is 5.75 Å². The molecule has 2 heteroatoms. The molecule has 0 atom stereocenters. The van der Waals surface area contributed by atoms with Crippen molar-refractivity contribution in [2.75, 3.05) is 7.11 Å². The molecular weight excluding hydrogens is 188 g/mol. The predicted octanol–water partition coefficient (Wildman–Crippen LogP) is 2.80. The van der Waals surface area contributed by atoms with Crippen molar-refractivity contribution in [1.29, 1.82) is 0 Å². The molecule has 0 saturated heterocycles. The molecule has 1 aromatic carbocycles. The fraction of sp³-hybridized carbons (Fsp3) is 0.538. The number of methoxy groups -OCH3 is 1. The van der Waals surface area contributed by atoms with E-state index in [2.05, 4.69) is 19.9 Å². The van der Waals surface area contributed by atoms with Gasteiger partial charge in [0.05, 0.1) is 12.7 Å². The number of hydrogen-bond donors (Lipinski definition) is 1. The number of ether oxygens (including phenoxy) is 1. The quantitative estimate of drug-likeness (QED) is 0.824. The van der Waals surface area contributed by atoms with Gasteiger partial charge in [0.25, 0.3) is 0 Å². The molecule has 1 fully saturated rings. The Bertz CT molecular complexity index is 365. The average molecular weight is 206 g/mol. The van der Waals surface area contributed by atoms with Crippen LogP contribution in [0.1, 0.15) is 43.7 Å². The summed E-state index contributed by atoms with van der Waals surface area (Å²) in [5.41, 5.74) is 1.58. The van der Waals surface area contributed by atoms with Gasteiger partial charge >= 0.3 is 0 Å². The highest BCUT2D eigenvalue weighted by atomic mass is 16.5. The van der Waals surface area contributed by atoms with E-state index in [9.17, 15) is 5.11 Å². The minimum Gasteiger partial charge on any atom is -0.496 e. The first-order valence-electron chi connectivity index (χ1n) is 5.47. The van der Waals surface area contributed by atoms with Crippen LogP contribution >= 0.6 is 0 Å². The van der Waals surface area contributed by atoms with E-state index in [0.717, 1.165) is 24.2 Å². The second-order valence-corrected chi connectivity index (χ2v) is 4.65. The summed E-state index contributed by atoms with van der Waals surface area (Å²) in [4.78, 5) is 0. The minimum absolute atomic E-state index is 0.488. The molecule has 82 valence electrons. The van der Waals surface area contributed by atoms with Crippen LogP contribution in [0, 0.1) is 0 Å². The maximum Gasteiger partial charge on any atom is 0.125 e. The van der Waals surface area contributed by atoms with Gasteiger partial charge in [-0.2, -0.15) is 0 Å². The van der Waals surface area contributed by atoms with Gasteiger partial charge in [-0.05, 0) is 30.4 Å². The van der Waals surface area contributed by atoms with Gasteiger partial charge in [-0.15, -0.1) is 0 Å². The molecule has 0 aromatic heterocycles. The molecule has 0 radical (unpaired) electrons. The van der Waals surface area contributed by atoms with E-state index in [1.54, 1.807) is 7.11 Å². The fourth-order valence-electron chi connectivity index (χ4n) is 1.84. The zero-order valence-corrected chi connectivity index (χ0v) is 9.58. The van der Waals surface area contributed by atoms with E-state index in [-0.39, 0.29) is 0 Å². The van der Waals surface area contributed by atoms with Crippen molar-refractivity contribution in [2.45, 2.75) is 38.2 Å². The first-order valence-corrected chi connectivity index (χ1v) is 5.47. The fourth-order valence-corrected chi connectivity index (χ4v) is 1.84. The maximum atomic E-state index is 10.1. The molecule has 0 spiro atoms. The third kappa shape index (κ3) is 1.86. The molecule has 15 heavy (non-hydrogen) atoms. The molecule has 0 aliphatic heterocycles. The molecule has 2 rings (SSSR count). The molecule has 1 aromatic rings. The summed E-state index contributed by atoms with van der Waals surface area (Å²) in [5, 5.41) is 10.1. The van der Waals surface area contributed by atoms with Crippen LogP contribution in [0.25, 0.3) is 0 Å². The normalized spacial score (nSPS) is 17.9. The van der Waals surface area contributed by atoms with Crippen LogP contribution in [0.4, 0.5) is 0 Å². The van der Waals surface area contributed by atoms with Gasteiger partial charge in [0.1, 0.15) is 5.75 Å². The van der Waals surface area contributed by atoms with Crippen LogP contribution in [-0.2, 0) is 5.60 Å². The Morgan fingerprint density at radius 3 is 2.47 bits per heavy atom. The smallest absolute Gasteiger partial charge is 0.125 e. The van der Waals surface area contributed by atoms with E-state index < -0.39 is 5.60 Å². The van der Waals surface area contributed by atoms with Crippen molar-refractivity contribution in [3.05, 3.63) is 29.3 Å². The molecule has 0 amide bonds. The van der Waals surface area contributed by atoms with Crippen LogP contribution < -0.4 is 4.74 Å². The lowest BCUT2D eigenvalue weighted by Crippen LogP contribution is -2.07. The topological polar surface area (TPSA) is 29.5 Å². The van der Waals surface area contributed by atoms with E-state index in [1.165, 1.54) is 5.56 Å². The standard InChI is InChI=1S/C13H18O2/c1-9(2)10-4-5-11(12(8-10)15-3)13(14)6-7-13/h4-5,8-9,14H,6-7H2,1-3H3. The predicted molar refractivity (Wildman–Crippen MR) is 60.2 cm³/mol. The van der Waals surface area contributed by atoms with E-state index >= 15 is 0 Å². The Morgan fingerprint density at radius 1 is 1.33 bits per heavy atom. The highest BCUT2D eigenvalue weighted by Crippen LogP contribution is 2.49. The van der Waals surface area contributed by atoms with E-state index in [0.29, 0.717) is 5.92 Å². The molecular formula is C13H18O2.